The van der Waals surface area contributed by atoms with Gasteiger partial charge in [0.05, 0.1) is 16.2 Å². The topological polar surface area (TPSA) is 83.5 Å². The molecule has 1 aromatic heterocycles. The van der Waals surface area contributed by atoms with Crippen LogP contribution >= 0.6 is 11.6 Å². The number of aromatic nitrogens is 1. The number of pyridine rings is 1. The van der Waals surface area contributed by atoms with Gasteiger partial charge in [0.1, 0.15) is 0 Å². The van der Waals surface area contributed by atoms with Crippen LogP contribution in [-0.4, -0.2) is 16.2 Å². The van der Waals surface area contributed by atoms with Gasteiger partial charge in [-0.25, -0.2) is 10.5 Å². The Kier molecular flexibility index (Phi) is 2.89. The van der Waals surface area contributed by atoms with Gasteiger partial charge in [0, 0.05) is 11.6 Å². The number of nitrogens with zero attached hydrogens (tertiary/aromatic N) is 2. The summed E-state index contributed by atoms with van der Waals surface area (Å²) in [4.78, 5) is 8.13. The molecule has 2 rings (SSSR count). The Morgan fingerprint density at radius 2 is 2.25 bits per heavy atom. The molecule has 0 aliphatic heterocycles. The SMILES string of the molecule is NC(=Nc1ccc(Cl)c2cccnc12)NO. The highest BCUT2D eigenvalue weighted by molar-refractivity contribution is 6.35. The fourth-order valence-corrected chi connectivity index (χ4v) is 1.58. The lowest BCUT2D eigenvalue weighted by atomic mass is 10.2. The van der Waals surface area contributed by atoms with Gasteiger partial charge in [0.25, 0.3) is 0 Å². The zero-order valence-corrected chi connectivity index (χ0v) is 8.94. The van der Waals surface area contributed by atoms with E-state index in [2.05, 4.69) is 9.98 Å². The van der Waals surface area contributed by atoms with E-state index >= 15 is 0 Å². The van der Waals surface area contributed by atoms with Crippen LogP contribution in [0.25, 0.3) is 10.9 Å². The third-order valence-electron chi connectivity index (χ3n) is 2.05. The van der Waals surface area contributed by atoms with E-state index in [1.54, 1.807) is 29.9 Å². The molecule has 82 valence electrons. The van der Waals surface area contributed by atoms with Crippen LogP contribution in [0.3, 0.4) is 0 Å². The van der Waals surface area contributed by atoms with Crippen molar-refractivity contribution in [3.63, 3.8) is 0 Å². The van der Waals surface area contributed by atoms with E-state index in [-0.39, 0.29) is 5.96 Å². The number of halogens is 1. The van der Waals surface area contributed by atoms with Crippen molar-refractivity contribution in [1.29, 1.82) is 0 Å². The normalized spacial score (nSPS) is 11.8. The molecular formula is C10H9ClN4O. The monoisotopic (exact) mass is 236 g/mol. The number of hydrogen-bond donors (Lipinski definition) is 3. The second-order valence-electron chi connectivity index (χ2n) is 3.07. The molecule has 0 aliphatic carbocycles. The maximum atomic E-state index is 8.57. The maximum absolute atomic E-state index is 8.57. The molecule has 16 heavy (non-hydrogen) atoms. The number of nitrogens with two attached hydrogens (primary N) is 1. The third kappa shape index (κ3) is 1.91. The molecule has 1 aromatic carbocycles. The Bertz CT molecular complexity index is 556. The van der Waals surface area contributed by atoms with Gasteiger partial charge in [-0.05, 0) is 24.3 Å². The second-order valence-corrected chi connectivity index (χ2v) is 3.48. The number of hydrogen-bond acceptors (Lipinski definition) is 3. The van der Waals surface area contributed by atoms with Crippen LogP contribution in [0.4, 0.5) is 5.69 Å². The first-order valence-corrected chi connectivity index (χ1v) is 4.87. The van der Waals surface area contributed by atoms with Gasteiger partial charge in [-0.15, -0.1) is 0 Å². The standard InChI is InChI=1S/C10H9ClN4O/c11-7-3-4-8(14-10(12)15-16)9-6(7)2-1-5-13-9/h1-5,16H,(H3,12,14,15). The van der Waals surface area contributed by atoms with Crippen molar-refractivity contribution in [3.8, 4) is 0 Å². The molecule has 0 aliphatic rings. The Balaban J connectivity index is 2.68. The van der Waals surface area contributed by atoms with E-state index in [4.69, 9.17) is 22.5 Å². The summed E-state index contributed by atoms with van der Waals surface area (Å²) in [7, 11) is 0. The minimum atomic E-state index is -0.103. The summed E-state index contributed by atoms with van der Waals surface area (Å²) in [6.45, 7) is 0. The Morgan fingerprint density at radius 3 is 3.00 bits per heavy atom. The van der Waals surface area contributed by atoms with Gasteiger partial charge in [-0.3, -0.25) is 10.2 Å². The largest absolute Gasteiger partial charge is 0.368 e. The van der Waals surface area contributed by atoms with Crippen molar-refractivity contribution >= 4 is 34.2 Å². The predicted octanol–water partition coefficient (Wildman–Crippen LogP) is 1.81. The number of benzene rings is 1. The summed E-state index contributed by atoms with van der Waals surface area (Å²) in [5, 5.41) is 9.95. The molecule has 0 unspecified atom stereocenters. The fourth-order valence-electron chi connectivity index (χ4n) is 1.37. The zero-order chi connectivity index (χ0) is 11.5. The molecule has 1 heterocycles. The van der Waals surface area contributed by atoms with Gasteiger partial charge < -0.3 is 5.73 Å². The molecular weight excluding hydrogens is 228 g/mol. The average Bonchev–Trinajstić information content (AvgIpc) is 2.33. The van der Waals surface area contributed by atoms with Crippen molar-refractivity contribution in [2.75, 3.05) is 0 Å². The van der Waals surface area contributed by atoms with Crippen molar-refractivity contribution in [1.82, 2.24) is 10.5 Å². The molecule has 0 fully saturated rings. The molecule has 0 radical (unpaired) electrons. The van der Waals surface area contributed by atoms with E-state index < -0.39 is 0 Å². The number of nitrogens with one attached hydrogen (secondary N) is 1. The molecule has 0 spiro atoms. The number of rotatable bonds is 1. The van der Waals surface area contributed by atoms with Gasteiger partial charge in [-0.2, -0.15) is 0 Å². The summed E-state index contributed by atoms with van der Waals surface area (Å²) in [6, 6.07) is 7.01. The first kappa shape index (κ1) is 10.7. The molecule has 0 amide bonds. The van der Waals surface area contributed by atoms with E-state index in [0.717, 1.165) is 5.39 Å². The molecule has 0 saturated heterocycles. The van der Waals surface area contributed by atoms with Crippen LogP contribution in [0.15, 0.2) is 35.5 Å². The van der Waals surface area contributed by atoms with E-state index in [0.29, 0.717) is 16.2 Å². The quantitative estimate of drug-likeness (QED) is 0.401. The zero-order valence-electron chi connectivity index (χ0n) is 8.18. The lowest BCUT2D eigenvalue weighted by Crippen LogP contribution is -2.27. The van der Waals surface area contributed by atoms with Crippen LogP contribution in [0, 0.1) is 0 Å². The summed E-state index contributed by atoms with van der Waals surface area (Å²) in [5.74, 6) is -0.103. The van der Waals surface area contributed by atoms with Crippen LogP contribution in [-0.2, 0) is 0 Å². The second kappa shape index (κ2) is 4.34. The van der Waals surface area contributed by atoms with Crippen molar-refractivity contribution in [3.05, 3.63) is 35.5 Å². The average molecular weight is 237 g/mol. The van der Waals surface area contributed by atoms with Gasteiger partial charge in [0.15, 0.2) is 0 Å². The highest BCUT2D eigenvalue weighted by Gasteiger charge is 2.04. The lowest BCUT2D eigenvalue weighted by molar-refractivity contribution is 0.233. The summed E-state index contributed by atoms with van der Waals surface area (Å²) in [5.41, 5.74) is 8.30. The molecule has 5 nitrogen and oxygen atoms in total. The number of aliphatic imine (C=N–C) groups is 1. The summed E-state index contributed by atoms with van der Waals surface area (Å²) < 4.78 is 0. The van der Waals surface area contributed by atoms with Gasteiger partial charge in [-0.1, -0.05) is 11.6 Å². The Labute approximate surface area is 96.5 Å². The molecule has 0 atom stereocenters. The van der Waals surface area contributed by atoms with Crippen molar-refractivity contribution in [2.24, 2.45) is 10.7 Å². The summed E-state index contributed by atoms with van der Waals surface area (Å²) in [6.07, 6.45) is 1.64. The minimum Gasteiger partial charge on any atom is -0.368 e. The van der Waals surface area contributed by atoms with E-state index in [1.165, 1.54) is 0 Å². The predicted molar refractivity (Wildman–Crippen MR) is 63.0 cm³/mol. The third-order valence-corrected chi connectivity index (χ3v) is 2.38. The fraction of sp³-hybridized carbons (Fsp3) is 0. The Morgan fingerprint density at radius 1 is 1.44 bits per heavy atom. The highest BCUT2D eigenvalue weighted by Crippen LogP contribution is 2.29. The van der Waals surface area contributed by atoms with Crippen LogP contribution in [0.5, 0.6) is 0 Å². The molecule has 2 aromatic rings. The minimum absolute atomic E-state index is 0.103. The molecule has 0 bridgehead atoms. The van der Waals surface area contributed by atoms with Gasteiger partial charge >= 0.3 is 0 Å². The van der Waals surface area contributed by atoms with E-state index in [9.17, 15) is 0 Å². The highest BCUT2D eigenvalue weighted by atomic mass is 35.5. The van der Waals surface area contributed by atoms with Gasteiger partial charge in [0.2, 0.25) is 5.96 Å². The molecule has 0 saturated carbocycles. The first-order chi connectivity index (χ1) is 7.72. The van der Waals surface area contributed by atoms with Crippen molar-refractivity contribution in [2.45, 2.75) is 0 Å². The number of hydroxylamine groups is 1. The van der Waals surface area contributed by atoms with Crippen LogP contribution in [0.1, 0.15) is 0 Å². The smallest absolute Gasteiger partial charge is 0.218 e. The van der Waals surface area contributed by atoms with Crippen LogP contribution < -0.4 is 11.2 Å². The maximum Gasteiger partial charge on any atom is 0.218 e. The molecule has 4 N–H and O–H groups in total. The van der Waals surface area contributed by atoms with Crippen molar-refractivity contribution < 1.29 is 5.21 Å². The number of fused-ring (bicyclic) bond motifs is 1. The summed E-state index contributed by atoms with van der Waals surface area (Å²) >= 11 is 6.01. The van der Waals surface area contributed by atoms with E-state index in [1.807, 2.05) is 6.07 Å². The first-order valence-electron chi connectivity index (χ1n) is 4.50. The Hall–Kier alpha value is -1.85. The molecule has 6 heteroatoms. The number of guanidine groups is 1. The lowest BCUT2D eigenvalue weighted by Gasteiger charge is -2.03. The van der Waals surface area contributed by atoms with Crippen LogP contribution in [0.2, 0.25) is 5.02 Å².